The van der Waals surface area contributed by atoms with E-state index in [1.807, 2.05) is 4.90 Å². The number of anilines is 1. The number of aromatic nitrogens is 3. The highest BCUT2D eigenvalue weighted by Crippen LogP contribution is 2.53. The van der Waals surface area contributed by atoms with Gasteiger partial charge >= 0.3 is 6.01 Å². The number of amides is 1. The third kappa shape index (κ3) is 3.71. The van der Waals surface area contributed by atoms with E-state index in [2.05, 4.69) is 20.5 Å². The third-order valence-corrected chi connectivity index (χ3v) is 5.69. The topological polar surface area (TPSA) is 93.4 Å². The quantitative estimate of drug-likeness (QED) is 0.783. The second kappa shape index (κ2) is 6.99. The molecule has 1 atom stereocenters. The minimum atomic E-state index is -0.447. The number of pyridine rings is 1. The predicted octanol–water partition coefficient (Wildman–Crippen LogP) is 3.00. The van der Waals surface area contributed by atoms with E-state index in [1.54, 1.807) is 19.1 Å². The first kappa shape index (κ1) is 18.0. The number of methoxy groups -OCH3 is 1. The van der Waals surface area contributed by atoms with Crippen LogP contribution in [0.2, 0.25) is 5.15 Å². The van der Waals surface area contributed by atoms with Crippen LogP contribution in [0.4, 0.5) is 6.01 Å². The number of nitrogens with zero attached hydrogens (tertiary/aromatic N) is 4. The van der Waals surface area contributed by atoms with Gasteiger partial charge in [-0.1, -0.05) is 16.7 Å². The Morgan fingerprint density at radius 1 is 1.30 bits per heavy atom. The summed E-state index contributed by atoms with van der Waals surface area (Å²) in [6.07, 6.45) is 4.85. The molecule has 1 aliphatic carbocycles. The van der Waals surface area contributed by atoms with E-state index in [1.165, 1.54) is 20.0 Å². The number of hydrogen-bond acceptors (Lipinski definition) is 7. The summed E-state index contributed by atoms with van der Waals surface area (Å²) in [5, 5.41) is 11.3. The molecule has 0 radical (unpaired) electrons. The molecule has 4 rings (SSSR count). The zero-order valence-corrected chi connectivity index (χ0v) is 16.1. The van der Waals surface area contributed by atoms with E-state index < -0.39 is 6.04 Å². The van der Waals surface area contributed by atoms with Crippen molar-refractivity contribution in [2.24, 2.45) is 5.41 Å². The molecule has 9 heteroatoms. The van der Waals surface area contributed by atoms with Gasteiger partial charge in [-0.15, -0.1) is 5.10 Å². The Hall–Kier alpha value is -2.35. The monoisotopic (exact) mass is 391 g/mol. The molecule has 1 aliphatic heterocycles. The lowest BCUT2D eigenvalue weighted by atomic mass is 9.93. The van der Waals surface area contributed by atoms with E-state index >= 15 is 0 Å². The maximum absolute atomic E-state index is 12.7. The summed E-state index contributed by atoms with van der Waals surface area (Å²) in [4.78, 5) is 18.7. The summed E-state index contributed by atoms with van der Waals surface area (Å²) in [7, 11) is 1.49. The van der Waals surface area contributed by atoms with Crippen molar-refractivity contribution in [1.82, 2.24) is 20.1 Å². The number of halogens is 1. The van der Waals surface area contributed by atoms with Crippen molar-refractivity contribution >= 4 is 23.5 Å². The van der Waals surface area contributed by atoms with Gasteiger partial charge in [0.25, 0.3) is 5.89 Å². The number of nitrogens with one attached hydrogen (secondary N) is 1. The van der Waals surface area contributed by atoms with Gasteiger partial charge in [-0.3, -0.25) is 4.79 Å². The zero-order valence-electron chi connectivity index (χ0n) is 15.4. The first-order valence-corrected chi connectivity index (χ1v) is 9.47. The van der Waals surface area contributed by atoms with Gasteiger partial charge in [-0.25, -0.2) is 4.98 Å². The van der Waals surface area contributed by atoms with Crippen LogP contribution in [0.25, 0.3) is 11.5 Å². The molecule has 1 spiro atoms. The Labute approximate surface area is 162 Å². The number of piperidine rings is 1. The van der Waals surface area contributed by atoms with Crippen molar-refractivity contribution in [3.8, 4) is 17.3 Å². The van der Waals surface area contributed by atoms with Crippen LogP contribution in [-0.2, 0) is 4.79 Å². The van der Waals surface area contributed by atoms with Crippen molar-refractivity contribution in [1.29, 1.82) is 0 Å². The summed E-state index contributed by atoms with van der Waals surface area (Å²) >= 11 is 5.88. The minimum absolute atomic E-state index is 0.0518. The van der Waals surface area contributed by atoms with Crippen LogP contribution in [0.5, 0.6) is 5.88 Å². The van der Waals surface area contributed by atoms with Gasteiger partial charge < -0.3 is 19.4 Å². The highest BCUT2D eigenvalue weighted by atomic mass is 35.5. The minimum Gasteiger partial charge on any atom is -0.480 e. The van der Waals surface area contributed by atoms with Gasteiger partial charge in [0.05, 0.1) is 7.11 Å². The summed E-state index contributed by atoms with van der Waals surface area (Å²) < 4.78 is 10.8. The highest BCUT2D eigenvalue weighted by molar-refractivity contribution is 6.29. The maximum atomic E-state index is 12.7. The molecule has 0 bridgehead atoms. The summed E-state index contributed by atoms with van der Waals surface area (Å²) in [5.74, 6) is 0.590. The Morgan fingerprint density at radius 2 is 2.04 bits per heavy atom. The molecule has 0 unspecified atom stereocenters. The maximum Gasteiger partial charge on any atom is 0.316 e. The van der Waals surface area contributed by atoms with Crippen molar-refractivity contribution in [3.05, 3.63) is 17.3 Å². The molecule has 27 heavy (non-hydrogen) atoms. The number of carbonyl (C=O) groups is 1. The van der Waals surface area contributed by atoms with Gasteiger partial charge in [0.1, 0.15) is 16.8 Å². The second-order valence-corrected chi connectivity index (χ2v) is 7.68. The highest BCUT2D eigenvalue weighted by Gasteiger charge is 2.45. The fraction of sp³-hybridized carbons (Fsp3) is 0.556. The van der Waals surface area contributed by atoms with Crippen LogP contribution >= 0.6 is 11.6 Å². The standard InChI is InChI=1S/C18H22ClN5O3/c1-11(16(25)24-9-7-18(5-6-18)8-10-24)20-17-23-22-15(27-17)12-3-4-13(19)21-14(12)26-2/h3-4,11H,5-10H2,1-2H3,(H,20,23)/t11-/m1/s1. The van der Waals surface area contributed by atoms with Crippen LogP contribution < -0.4 is 10.1 Å². The molecule has 0 aromatic carbocycles. The number of ether oxygens (including phenoxy) is 1. The van der Waals surface area contributed by atoms with Crippen molar-refractivity contribution < 1.29 is 13.9 Å². The summed E-state index contributed by atoms with van der Waals surface area (Å²) in [6, 6.07) is 3.04. The fourth-order valence-corrected chi connectivity index (χ4v) is 3.67. The van der Waals surface area contributed by atoms with Crippen molar-refractivity contribution in [2.45, 2.75) is 38.6 Å². The average molecular weight is 392 g/mol. The fourth-order valence-electron chi connectivity index (χ4n) is 3.53. The normalized spacial score (nSPS) is 19.0. The smallest absolute Gasteiger partial charge is 0.316 e. The lowest BCUT2D eigenvalue weighted by Crippen LogP contribution is -2.45. The second-order valence-electron chi connectivity index (χ2n) is 7.29. The molecule has 144 valence electrons. The van der Waals surface area contributed by atoms with Gasteiger partial charge in [-0.2, -0.15) is 0 Å². The van der Waals surface area contributed by atoms with Crippen LogP contribution in [0.15, 0.2) is 16.5 Å². The molecule has 1 N–H and O–H groups in total. The van der Waals surface area contributed by atoms with E-state index in [9.17, 15) is 4.79 Å². The Kier molecular flexibility index (Phi) is 4.67. The molecular formula is C18H22ClN5O3. The molecular weight excluding hydrogens is 370 g/mol. The molecule has 3 heterocycles. The Morgan fingerprint density at radius 3 is 2.70 bits per heavy atom. The SMILES string of the molecule is COc1nc(Cl)ccc1-c1nnc(N[C@H](C)C(=O)N2CCC3(CC2)CC3)o1. The number of carbonyl (C=O) groups excluding carboxylic acids is 1. The summed E-state index contributed by atoms with van der Waals surface area (Å²) in [6.45, 7) is 3.46. The van der Waals surface area contributed by atoms with Crippen LogP contribution in [0.1, 0.15) is 32.6 Å². The van der Waals surface area contributed by atoms with Crippen molar-refractivity contribution in [3.63, 3.8) is 0 Å². The average Bonchev–Trinajstić information content (AvgIpc) is 3.26. The van der Waals surface area contributed by atoms with Crippen LogP contribution in [0.3, 0.4) is 0 Å². The van der Waals surface area contributed by atoms with E-state index in [-0.39, 0.29) is 17.8 Å². The Bertz CT molecular complexity index is 841. The molecule has 2 aromatic rings. The first-order valence-electron chi connectivity index (χ1n) is 9.09. The van der Waals surface area contributed by atoms with Crippen molar-refractivity contribution in [2.75, 3.05) is 25.5 Å². The zero-order chi connectivity index (χ0) is 19.0. The predicted molar refractivity (Wildman–Crippen MR) is 99.7 cm³/mol. The molecule has 2 fully saturated rings. The molecule has 8 nitrogen and oxygen atoms in total. The van der Waals surface area contributed by atoms with Gasteiger partial charge in [0.2, 0.25) is 11.8 Å². The third-order valence-electron chi connectivity index (χ3n) is 5.48. The van der Waals surface area contributed by atoms with Gasteiger partial charge in [0, 0.05) is 13.1 Å². The molecule has 1 saturated heterocycles. The van der Waals surface area contributed by atoms with Gasteiger partial charge in [0.15, 0.2) is 0 Å². The largest absolute Gasteiger partial charge is 0.480 e. The molecule has 1 saturated carbocycles. The van der Waals surface area contributed by atoms with E-state index in [0.29, 0.717) is 22.0 Å². The Balaban J connectivity index is 1.41. The lowest BCUT2D eigenvalue weighted by molar-refractivity contribution is -0.133. The number of likely N-dealkylation sites (tertiary alicyclic amines) is 1. The van der Waals surface area contributed by atoms with E-state index in [4.69, 9.17) is 20.8 Å². The number of hydrogen-bond donors (Lipinski definition) is 1. The van der Waals surface area contributed by atoms with Gasteiger partial charge in [-0.05, 0) is 50.2 Å². The molecule has 1 amide bonds. The molecule has 2 aliphatic rings. The first-order chi connectivity index (χ1) is 13.0. The number of rotatable bonds is 5. The van der Waals surface area contributed by atoms with Crippen LogP contribution in [0, 0.1) is 5.41 Å². The lowest BCUT2D eigenvalue weighted by Gasteiger charge is -2.33. The van der Waals surface area contributed by atoms with Crippen LogP contribution in [-0.4, -0.2) is 52.2 Å². The molecule has 2 aromatic heterocycles. The van der Waals surface area contributed by atoms with E-state index in [0.717, 1.165) is 25.9 Å². The summed E-state index contributed by atoms with van der Waals surface area (Å²) in [5.41, 5.74) is 1.08.